The van der Waals surface area contributed by atoms with Gasteiger partial charge in [0.1, 0.15) is 16.9 Å². The van der Waals surface area contributed by atoms with Gasteiger partial charge in [0.25, 0.3) is 5.69 Å². The number of nitro groups is 1. The van der Waals surface area contributed by atoms with Gasteiger partial charge in [-0.3, -0.25) is 10.1 Å². The van der Waals surface area contributed by atoms with Crippen LogP contribution in [0.25, 0.3) is 0 Å². The molecule has 1 aromatic carbocycles. The van der Waals surface area contributed by atoms with Crippen molar-refractivity contribution in [1.29, 1.82) is 0 Å². The predicted octanol–water partition coefficient (Wildman–Crippen LogP) is 1.60. The SMILES string of the molecule is O=[N+]([O-])c1cc(OC2CNC2)ccc1Cl. The summed E-state index contributed by atoms with van der Waals surface area (Å²) in [5.74, 6) is 0.484. The Kier molecular flexibility index (Phi) is 2.75. The van der Waals surface area contributed by atoms with E-state index < -0.39 is 4.92 Å². The quantitative estimate of drug-likeness (QED) is 0.631. The average molecular weight is 229 g/mol. The van der Waals surface area contributed by atoms with E-state index in [-0.39, 0.29) is 16.8 Å². The molecular weight excluding hydrogens is 220 g/mol. The van der Waals surface area contributed by atoms with Crippen molar-refractivity contribution in [2.24, 2.45) is 0 Å². The van der Waals surface area contributed by atoms with Crippen LogP contribution in [-0.2, 0) is 0 Å². The minimum Gasteiger partial charge on any atom is -0.488 e. The number of nitrogens with one attached hydrogen (secondary N) is 1. The van der Waals surface area contributed by atoms with Crippen molar-refractivity contribution in [2.75, 3.05) is 13.1 Å². The molecule has 1 fully saturated rings. The summed E-state index contributed by atoms with van der Waals surface area (Å²) in [6.45, 7) is 1.55. The fourth-order valence-corrected chi connectivity index (χ4v) is 1.43. The second kappa shape index (κ2) is 4.04. The lowest BCUT2D eigenvalue weighted by Crippen LogP contribution is -2.50. The van der Waals surface area contributed by atoms with Crippen LogP contribution in [0.2, 0.25) is 5.02 Å². The first-order valence-electron chi connectivity index (χ1n) is 4.48. The van der Waals surface area contributed by atoms with Gasteiger partial charge in [-0.15, -0.1) is 0 Å². The highest BCUT2D eigenvalue weighted by molar-refractivity contribution is 6.32. The molecule has 0 aliphatic carbocycles. The van der Waals surface area contributed by atoms with Crippen molar-refractivity contribution < 1.29 is 9.66 Å². The molecule has 1 saturated heterocycles. The monoisotopic (exact) mass is 228 g/mol. The highest BCUT2D eigenvalue weighted by Crippen LogP contribution is 2.29. The molecular formula is C9H9ClN2O3. The Morgan fingerprint density at radius 1 is 1.53 bits per heavy atom. The summed E-state index contributed by atoms with van der Waals surface area (Å²) in [6.07, 6.45) is 0.103. The number of nitrogens with zero attached hydrogens (tertiary/aromatic N) is 1. The van der Waals surface area contributed by atoms with E-state index in [1.807, 2.05) is 0 Å². The predicted molar refractivity (Wildman–Crippen MR) is 55.4 cm³/mol. The van der Waals surface area contributed by atoms with Crippen LogP contribution in [0.3, 0.4) is 0 Å². The Morgan fingerprint density at radius 2 is 2.27 bits per heavy atom. The van der Waals surface area contributed by atoms with Crippen LogP contribution in [0.15, 0.2) is 18.2 Å². The Morgan fingerprint density at radius 3 is 2.80 bits per heavy atom. The largest absolute Gasteiger partial charge is 0.488 e. The van der Waals surface area contributed by atoms with Crippen molar-refractivity contribution >= 4 is 17.3 Å². The molecule has 5 nitrogen and oxygen atoms in total. The van der Waals surface area contributed by atoms with Gasteiger partial charge < -0.3 is 10.1 Å². The second-order valence-corrected chi connectivity index (χ2v) is 3.68. The molecule has 2 rings (SSSR count). The number of hydrogen-bond donors (Lipinski definition) is 1. The third-order valence-corrected chi connectivity index (χ3v) is 2.48. The zero-order valence-electron chi connectivity index (χ0n) is 7.77. The molecule has 0 spiro atoms. The maximum atomic E-state index is 10.6. The van der Waals surface area contributed by atoms with E-state index in [0.29, 0.717) is 5.75 Å². The number of hydrogen-bond acceptors (Lipinski definition) is 4. The lowest BCUT2D eigenvalue weighted by molar-refractivity contribution is -0.384. The molecule has 1 aromatic rings. The normalized spacial score (nSPS) is 15.8. The van der Waals surface area contributed by atoms with Gasteiger partial charge >= 0.3 is 0 Å². The van der Waals surface area contributed by atoms with E-state index in [0.717, 1.165) is 13.1 Å². The number of benzene rings is 1. The van der Waals surface area contributed by atoms with Crippen LogP contribution >= 0.6 is 11.6 Å². The van der Waals surface area contributed by atoms with Crippen LogP contribution in [0, 0.1) is 10.1 Å². The first kappa shape index (κ1) is 10.2. The van der Waals surface area contributed by atoms with Crippen molar-refractivity contribution in [1.82, 2.24) is 5.32 Å². The second-order valence-electron chi connectivity index (χ2n) is 3.27. The lowest BCUT2D eigenvalue weighted by atomic mass is 10.2. The molecule has 0 unspecified atom stereocenters. The molecule has 1 aliphatic rings. The topological polar surface area (TPSA) is 64.4 Å². The van der Waals surface area contributed by atoms with E-state index in [2.05, 4.69) is 5.32 Å². The van der Waals surface area contributed by atoms with E-state index >= 15 is 0 Å². The molecule has 6 heteroatoms. The zero-order valence-corrected chi connectivity index (χ0v) is 8.53. The summed E-state index contributed by atoms with van der Waals surface area (Å²) in [5, 5.41) is 13.8. The average Bonchev–Trinajstić information content (AvgIpc) is 2.13. The highest BCUT2D eigenvalue weighted by Gasteiger charge is 2.20. The fraction of sp³-hybridized carbons (Fsp3) is 0.333. The first-order chi connectivity index (χ1) is 7.16. The Labute approximate surface area is 91.1 Å². The van der Waals surface area contributed by atoms with Crippen LogP contribution < -0.4 is 10.1 Å². The van der Waals surface area contributed by atoms with Gasteiger partial charge in [0.2, 0.25) is 0 Å². The van der Waals surface area contributed by atoms with E-state index in [1.54, 1.807) is 6.07 Å². The van der Waals surface area contributed by atoms with Gasteiger partial charge in [0.15, 0.2) is 0 Å². The molecule has 15 heavy (non-hydrogen) atoms. The van der Waals surface area contributed by atoms with Gasteiger partial charge in [-0.25, -0.2) is 0 Å². The van der Waals surface area contributed by atoms with Crippen LogP contribution in [0.5, 0.6) is 5.75 Å². The van der Waals surface area contributed by atoms with E-state index in [4.69, 9.17) is 16.3 Å². The van der Waals surface area contributed by atoms with Crippen LogP contribution in [0.1, 0.15) is 0 Å². The molecule has 0 radical (unpaired) electrons. The van der Waals surface area contributed by atoms with Gasteiger partial charge in [-0.1, -0.05) is 11.6 Å². The van der Waals surface area contributed by atoms with E-state index in [1.165, 1.54) is 12.1 Å². The Balaban J connectivity index is 2.17. The summed E-state index contributed by atoms with van der Waals surface area (Å²) in [6, 6.07) is 4.45. The van der Waals surface area contributed by atoms with Crippen molar-refractivity contribution in [3.05, 3.63) is 33.3 Å². The molecule has 1 heterocycles. The summed E-state index contributed by atoms with van der Waals surface area (Å²) >= 11 is 5.67. The number of halogens is 1. The number of nitro benzene ring substituents is 1. The fourth-order valence-electron chi connectivity index (χ4n) is 1.24. The smallest absolute Gasteiger partial charge is 0.291 e. The van der Waals surface area contributed by atoms with Gasteiger partial charge in [0.05, 0.1) is 11.0 Å². The van der Waals surface area contributed by atoms with Crippen molar-refractivity contribution in [3.8, 4) is 5.75 Å². The molecule has 0 amide bonds. The summed E-state index contributed by atoms with van der Waals surface area (Å²) in [5.41, 5.74) is -0.124. The van der Waals surface area contributed by atoms with Gasteiger partial charge in [-0.05, 0) is 12.1 Å². The molecule has 1 N–H and O–H groups in total. The summed E-state index contributed by atoms with van der Waals surface area (Å²) in [4.78, 5) is 10.1. The maximum absolute atomic E-state index is 10.6. The van der Waals surface area contributed by atoms with Crippen molar-refractivity contribution in [3.63, 3.8) is 0 Å². The first-order valence-corrected chi connectivity index (χ1v) is 4.86. The van der Waals surface area contributed by atoms with E-state index in [9.17, 15) is 10.1 Å². The molecule has 80 valence electrons. The maximum Gasteiger partial charge on any atom is 0.291 e. The zero-order chi connectivity index (χ0) is 10.8. The summed E-state index contributed by atoms with van der Waals surface area (Å²) < 4.78 is 5.47. The van der Waals surface area contributed by atoms with Crippen LogP contribution in [0.4, 0.5) is 5.69 Å². The molecule has 0 aromatic heterocycles. The van der Waals surface area contributed by atoms with Gasteiger partial charge in [0, 0.05) is 13.1 Å². The molecule has 0 saturated carbocycles. The Hall–Kier alpha value is -1.33. The minimum atomic E-state index is -0.520. The standard InChI is InChI=1S/C9H9ClN2O3/c10-8-2-1-6(3-9(8)12(13)14)15-7-4-11-5-7/h1-3,7,11H,4-5H2. The third-order valence-electron chi connectivity index (χ3n) is 2.16. The molecule has 0 atom stereocenters. The number of ether oxygens (including phenoxy) is 1. The lowest BCUT2D eigenvalue weighted by Gasteiger charge is -2.27. The van der Waals surface area contributed by atoms with Gasteiger partial charge in [-0.2, -0.15) is 0 Å². The Bertz CT molecular complexity index is 393. The van der Waals surface area contributed by atoms with Crippen molar-refractivity contribution in [2.45, 2.75) is 6.10 Å². The molecule has 0 bridgehead atoms. The highest BCUT2D eigenvalue weighted by atomic mass is 35.5. The third kappa shape index (κ3) is 2.19. The molecule has 1 aliphatic heterocycles. The summed E-state index contributed by atoms with van der Waals surface area (Å²) in [7, 11) is 0. The number of rotatable bonds is 3. The van der Waals surface area contributed by atoms with Crippen LogP contribution in [-0.4, -0.2) is 24.1 Å². The minimum absolute atomic E-state index is 0.103.